The molecule has 1 aromatic heterocycles. The summed E-state index contributed by atoms with van der Waals surface area (Å²) >= 11 is 6.10. The number of halogens is 2. The first-order valence-electron chi connectivity index (χ1n) is 8.45. The number of methoxy groups -OCH3 is 1. The molecule has 0 unspecified atom stereocenters. The Labute approximate surface area is 202 Å². The summed E-state index contributed by atoms with van der Waals surface area (Å²) < 4.78 is 16.3. The van der Waals surface area contributed by atoms with Crippen LogP contribution in [0.5, 0.6) is 5.75 Å². The Bertz CT molecular complexity index is 1090. The quantitative estimate of drug-likeness (QED) is 0.276. The molecule has 31 heavy (non-hydrogen) atoms. The van der Waals surface area contributed by atoms with Gasteiger partial charge in [0.15, 0.2) is 6.61 Å². The highest BCUT2D eigenvalue weighted by Crippen LogP contribution is 2.36. The van der Waals surface area contributed by atoms with Gasteiger partial charge in [-0.25, -0.2) is 9.59 Å². The topological polar surface area (TPSA) is 123 Å². The van der Waals surface area contributed by atoms with Gasteiger partial charge in [-0.15, -0.1) is 0 Å². The van der Waals surface area contributed by atoms with Crippen molar-refractivity contribution in [3.8, 4) is 5.75 Å². The number of carboxylic acid groups (broad SMARTS) is 1. The smallest absolute Gasteiger partial charge is 0.373 e. The average Bonchev–Trinajstić information content (AvgIpc) is 3.27. The van der Waals surface area contributed by atoms with Crippen LogP contribution in [0.3, 0.4) is 0 Å². The zero-order valence-electron chi connectivity index (χ0n) is 15.7. The number of furan rings is 1. The van der Waals surface area contributed by atoms with Crippen LogP contribution < -0.4 is 4.74 Å². The Balaban J connectivity index is 1.77. The molecular weight excluding hydrogens is 609 g/mol. The highest BCUT2D eigenvalue weighted by atomic mass is 127. The van der Waals surface area contributed by atoms with Crippen LogP contribution in [0, 0.1) is 3.57 Å². The van der Waals surface area contributed by atoms with Gasteiger partial charge in [0.1, 0.15) is 11.5 Å². The molecule has 0 aliphatic carbocycles. The summed E-state index contributed by atoms with van der Waals surface area (Å²) in [5.74, 6) is -1.64. The number of benzene rings is 1. The van der Waals surface area contributed by atoms with Gasteiger partial charge >= 0.3 is 11.9 Å². The lowest BCUT2D eigenvalue weighted by Crippen LogP contribution is -2.27. The summed E-state index contributed by atoms with van der Waals surface area (Å²) in [5, 5.41) is 8.30. The lowest BCUT2D eigenvalue weighted by molar-refractivity contribution is -0.139. The number of ether oxygens (including phenoxy) is 2. The molecule has 2 amide bonds. The van der Waals surface area contributed by atoms with E-state index in [-0.39, 0.29) is 23.0 Å². The predicted octanol–water partition coefficient (Wildman–Crippen LogP) is 4.13. The van der Waals surface area contributed by atoms with Crippen LogP contribution in [-0.4, -0.2) is 46.8 Å². The summed E-state index contributed by atoms with van der Waals surface area (Å²) in [7, 11) is 1.22. The van der Waals surface area contributed by atoms with Crippen LogP contribution in [0.1, 0.15) is 21.9 Å². The summed E-state index contributed by atoms with van der Waals surface area (Å²) in [4.78, 5) is 48.5. The summed E-state index contributed by atoms with van der Waals surface area (Å²) in [6, 6.07) is 6.26. The van der Waals surface area contributed by atoms with Crippen molar-refractivity contribution in [3.05, 3.63) is 54.3 Å². The van der Waals surface area contributed by atoms with Crippen molar-refractivity contribution in [2.45, 2.75) is 6.54 Å². The normalized spacial score (nSPS) is 14.9. The minimum atomic E-state index is -1.10. The fraction of sp³-hybridized carbons (Fsp3) is 0.158. The molecule has 1 saturated heterocycles. The van der Waals surface area contributed by atoms with Crippen molar-refractivity contribution >= 4 is 79.4 Å². The first kappa shape index (κ1) is 23.3. The highest BCUT2D eigenvalue weighted by molar-refractivity contribution is 14.1. The van der Waals surface area contributed by atoms with Crippen molar-refractivity contribution in [3.63, 3.8) is 0 Å². The number of esters is 1. The molecule has 1 aliphatic heterocycles. The molecular formula is C19H13BrINO8S. The van der Waals surface area contributed by atoms with Crippen LogP contribution >= 0.6 is 50.3 Å². The molecule has 9 nitrogen and oxygen atoms in total. The number of aliphatic carboxylic acids is 1. The summed E-state index contributed by atoms with van der Waals surface area (Å²) in [6.07, 6.45) is 1.56. The Morgan fingerprint density at radius 3 is 2.71 bits per heavy atom. The zero-order valence-corrected chi connectivity index (χ0v) is 20.3. The van der Waals surface area contributed by atoms with Crippen LogP contribution in [0.15, 0.2) is 38.1 Å². The lowest BCUT2D eigenvalue weighted by atomic mass is 10.2. The number of hydrogen-bond donors (Lipinski definition) is 1. The van der Waals surface area contributed by atoms with E-state index in [1.807, 2.05) is 22.6 Å². The molecule has 0 saturated carbocycles. The molecule has 0 radical (unpaired) electrons. The molecule has 2 heterocycles. The predicted molar refractivity (Wildman–Crippen MR) is 122 cm³/mol. The number of rotatable bonds is 7. The van der Waals surface area contributed by atoms with Gasteiger partial charge in [-0.2, -0.15) is 0 Å². The number of nitrogens with zero attached hydrogens (tertiary/aromatic N) is 1. The van der Waals surface area contributed by atoms with E-state index in [4.69, 9.17) is 14.3 Å². The number of carbonyl (C=O) groups is 4. The van der Waals surface area contributed by atoms with E-state index in [9.17, 15) is 19.2 Å². The molecule has 1 aromatic carbocycles. The number of amides is 2. The Morgan fingerprint density at radius 1 is 1.32 bits per heavy atom. The molecule has 0 atom stereocenters. The maximum absolute atomic E-state index is 12.7. The molecule has 1 fully saturated rings. The third-order valence-electron chi connectivity index (χ3n) is 3.89. The van der Waals surface area contributed by atoms with Crippen molar-refractivity contribution in [1.82, 2.24) is 4.90 Å². The van der Waals surface area contributed by atoms with Crippen LogP contribution in [-0.2, 0) is 20.9 Å². The number of thioether (sulfide) groups is 1. The van der Waals surface area contributed by atoms with Crippen LogP contribution in [0.2, 0.25) is 0 Å². The third kappa shape index (κ3) is 5.49. The maximum atomic E-state index is 12.7. The van der Waals surface area contributed by atoms with Gasteiger partial charge in [0, 0.05) is 0 Å². The number of hydrogen-bond acceptors (Lipinski definition) is 8. The second-order valence-corrected chi connectivity index (χ2v) is 9.03. The van der Waals surface area contributed by atoms with E-state index < -0.39 is 29.7 Å². The van der Waals surface area contributed by atoms with Gasteiger partial charge in [0.25, 0.3) is 11.1 Å². The Kier molecular flexibility index (Phi) is 7.43. The monoisotopic (exact) mass is 621 g/mol. The van der Waals surface area contributed by atoms with Crippen molar-refractivity contribution in [1.29, 1.82) is 0 Å². The molecule has 162 valence electrons. The lowest BCUT2D eigenvalue weighted by Gasteiger charge is -2.10. The van der Waals surface area contributed by atoms with E-state index in [0.717, 1.165) is 16.7 Å². The Hall–Kier alpha value is -2.32. The van der Waals surface area contributed by atoms with E-state index >= 15 is 0 Å². The van der Waals surface area contributed by atoms with Crippen molar-refractivity contribution < 1.29 is 38.2 Å². The first-order chi connectivity index (χ1) is 14.7. The number of carboxylic acids is 1. The molecule has 1 aliphatic rings. The minimum Gasteiger partial charge on any atom is -0.480 e. The minimum absolute atomic E-state index is 0.0235. The summed E-state index contributed by atoms with van der Waals surface area (Å²) in [6.45, 7) is -0.612. The van der Waals surface area contributed by atoms with E-state index in [1.165, 1.54) is 19.2 Å². The van der Waals surface area contributed by atoms with E-state index in [1.54, 1.807) is 18.2 Å². The first-order valence-corrected chi connectivity index (χ1v) is 11.1. The molecule has 0 bridgehead atoms. The van der Waals surface area contributed by atoms with Crippen LogP contribution in [0.25, 0.3) is 6.08 Å². The van der Waals surface area contributed by atoms with E-state index in [0.29, 0.717) is 19.4 Å². The summed E-state index contributed by atoms with van der Waals surface area (Å²) in [5.41, 5.74) is 0.621. The Morgan fingerprint density at radius 2 is 2.06 bits per heavy atom. The molecule has 0 spiro atoms. The molecule has 12 heteroatoms. The third-order valence-corrected chi connectivity index (χ3v) is 6.19. The SMILES string of the molecule is COC(=O)c1ccc(CN2C(=O)S/C(=C/c3cc(Br)c(OCC(=O)O)c(I)c3)C2=O)o1. The standard InChI is InChI=1S/C19H13BrINO8S/c1-28-18(26)13-3-2-10(30-13)7-22-17(25)14(31-19(22)27)6-9-4-11(20)16(12(21)5-9)29-8-15(23)24/h2-6H,7-8H2,1H3,(H,23,24)/b14-6+. The van der Waals surface area contributed by atoms with Gasteiger partial charge in [-0.3, -0.25) is 14.5 Å². The van der Waals surface area contributed by atoms with Gasteiger partial charge < -0.3 is 19.0 Å². The van der Waals surface area contributed by atoms with Gasteiger partial charge in [-0.05, 0) is 86.2 Å². The fourth-order valence-electron chi connectivity index (χ4n) is 2.55. The largest absolute Gasteiger partial charge is 0.480 e. The number of imide groups is 1. The van der Waals surface area contributed by atoms with Gasteiger partial charge in [0.05, 0.1) is 26.6 Å². The zero-order chi connectivity index (χ0) is 22.7. The van der Waals surface area contributed by atoms with Crippen LogP contribution in [0.4, 0.5) is 4.79 Å². The molecule has 3 rings (SSSR count). The van der Waals surface area contributed by atoms with Crippen molar-refractivity contribution in [2.24, 2.45) is 0 Å². The van der Waals surface area contributed by atoms with Gasteiger partial charge in [0.2, 0.25) is 5.76 Å². The molecule has 2 aromatic rings. The average molecular weight is 622 g/mol. The van der Waals surface area contributed by atoms with Crippen molar-refractivity contribution in [2.75, 3.05) is 13.7 Å². The second-order valence-electron chi connectivity index (χ2n) is 6.02. The number of carbonyl (C=O) groups excluding carboxylic acids is 3. The molecule has 1 N–H and O–H groups in total. The maximum Gasteiger partial charge on any atom is 0.373 e. The second kappa shape index (κ2) is 9.87. The van der Waals surface area contributed by atoms with E-state index in [2.05, 4.69) is 20.7 Å². The fourth-order valence-corrected chi connectivity index (χ4v) is 5.16. The van der Waals surface area contributed by atoms with Gasteiger partial charge in [-0.1, -0.05) is 0 Å². The highest BCUT2D eigenvalue weighted by Gasteiger charge is 2.36.